The lowest BCUT2D eigenvalue weighted by Crippen LogP contribution is -2.46. The maximum Gasteiger partial charge on any atom is 0.225 e. The standard InChI is InChI=1S/C25H31Cl2N5O2/c1-34-30-24(20-13-21(26)15-22(27)14-20)18-5-10-32(11-6-18)25(33)19-3-8-31(9-4-19)16-17-2-7-29-23(28)12-17/h2,7,12-15,18-19H,3-6,8-11,16H2,1H3,(H2,28,29). The average molecular weight is 504 g/mol. The van der Waals surface area contributed by atoms with E-state index in [4.69, 9.17) is 33.8 Å². The molecule has 0 atom stereocenters. The lowest BCUT2D eigenvalue weighted by atomic mass is 9.87. The molecular weight excluding hydrogens is 473 g/mol. The van der Waals surface area contributed by atoms with Crippen LogP contribution in [0.25, 0.3) is 0 Å². The molecule has 2 aliphatic rings. The number of nitrogen functional groups attached to an aromatic ring is 1. The molecule has 2 aromatic rings. The van der Waals surface area contributed by atoms with Gasteiger partial charge in [-0.15, -0.1) is 0 Å². The van der Waals surface area contributed by atoms with E-state index in [0.29, 0.717) is 15.9 Å². The highest BCUT2D eigenvalue weighted by Crippen LogP contribution is 2.29. The van der Waals surface area contributed by atoms with Gasteiger partial charge in [-0.2, -0.15) is 0 Å². The molecule has 4 rings (SSSR count). The number of halogens is 2. The van der Waals surface area contributed by atoms with Gasteiger partial charge >= 0.3 is 0 Å². The monoisotopic (exact) mass is 503 g/mol. The molecule has 3 heterocycles. The summed E-state index contributed by atoms with van der Waals surface area (Å²) in [6.07, 6.45) is 5.18. The third-order valence-electron chi connectivity index (χ3n) is 6.73. The van der Waals surface area contributed by atoms with Crippen molar-refractivity contribution in [3.63, 3.8) is 0 Å². The Morgan fingerprint density at radius 3 is 2.32 bits per heavy atom. The van der Waals surface area contributed by atoms with E-state index in [9.17, 15) is 4.79 Å². The number of benzene rings is 1. The zero-order chi connectivity index (χ0) is 24.1. The van der Waals surface area contributed by atoms with E-state index in [1.54, 1.807) is 19.4 Å². The van der Waals surface area contributed by atoms with Crippen LogP contribution in [-0.2, 0) is 16.2 Å². The Balaban J connectivity index is 1.30. The van der Waals surface area contributed by atoms with Crippen LogP contribution in [0.15, 0.2) is 41.7 Å². The fourth-order valence-electron chi connectivity index (χ4n) is 4.98. The Labute approximate surface area is 210 Å². The van der Waals surface area contributed by atoms with E-state index in [2.05, 4.69) is 15.0 Å². The normalized spacial score (nSPS) is 18.8. The van der Waals surface area contributed by atoms with Crippen molar-refractivity contribution in [3.05, 3.63) is 57.7 Å². The van der Waals surface area contributed by atoms with E-state index >= 15 is 0 Å². The maximum absolute atomic E-state index is 13.2. The Kier molecular flexibility index (Phi) is 8.29. The van der Waals surface area contributed by atoms with Crippen LogP contribution in [0.3, 0.4) is 0 Å². The lowest BCUT2D eigenvalue weighted by molar-refractivity contribution is -0.138. The highest BCUT2D eigenvalue weighted by atomic mass is 35.5. The van der Waals surface area contributed by atoms with Crippen molar-refractivity contribution in [2.24, 2.45) is 17.0 Å². The van der Waals surface area contributed by atoms with E-state index in [1.807, 2.05) is 29.2 Å². The molecule has 182 valence electrons. The number of oxime groups is 1. The Morgan fingerprint density at radius 2 is 1.71 bits per heavy atom. The maximum atomic E-state index is 13.2. The van der Waals surface area contributed by atoms with E-state index in [0.717, 1.165) is 75.2 Å². The quantitative estimate of drug-likeness (QED) is 0.464. The first kappa shape index (κ1) is 24.8. The fraction of sp³-hybridized carbons (Fsp3) is 0.480. The largest absolute Gasteiger partial charge is 0.399 e. The number of nitrogens with zero attached hydrogens (tertiary/aromatic N) is 4. The number of piperidine rings is 2. The number of anilines is 1. The van der Waals surface area contributed by atoms with E-state index in [-0.39, 0.29) is 17.7 Å². The van der Waals surface area contributed by atoms with Gasteiger partial charge in [-0.05, 0) is 74.7 Å². The highest BCUT2D eigenvalue weighted by Gasteiger charge is 2.32. The number of nitrogens with two attached hydrogens (primary N) is 1. The van der Waals surface area contributed by atoms with Crippen molar-refractivity contribution in [1.82, 2.24) is 14.8 Å². The van der Waals surface area contributed by atoms with Gasteiger partial charge in [-0.1, -0.05) is 28.4 Å². The molecule has 9 heteroatoms. The van der Waals surface area contributed by atoms with Crippen LogP contribution in [0, 0.1) is 11.8 Å². The summed E-state index contributed by atoms with van der Waals surface area (Å²) in [5.74, 6) is 1.10. The minimum atomic E-state index is 0.0918. The molecule has 0 bridgehead atoms. The number of aromatic nitrogens is 1. The first-order valence-electron chi connectivity index (χ1n) is 11.7. The van der Waals surface area contributed by atoms with Crippen molar-refractivity contribution in [2.45, 2.75) is 32.2 Å². The molecule has 0 radical (unpaired) electrons. The SMILES string of the molecule is CON=C(c1cc(Cl)cc(Cl)c1)C1CCN(C(=O)C2CCN(Cc3ccnc(N)c3)CC2)CC1. The second kappa shape index (κ2) is 11.4. The molecule has 0 unspecified atom stereocenters. The molecule has 2 N–H and O–H groups in total. The second-order valence-corrected chi connectivity index (χ2v) is 9.93. The van der Waals surface area contributed by atoms with Gasteiger partial charge in [0.05, 0.1) is 5.71 Å². The first-order valence-corrected chi connectivity index (χ1v) is 12.5. The van der Waals surface area contributed by atoms with Crippen LogP contribution >= 0.6 is 23.2 Å². The molecule has 1 aromatic carbocycles. The molecule has 7 nitrogen and oxygen atoms in total. The average Bonchev–Trinajstić information content (AvgIpc) is 2.82. The van der Waals surface area contributed by atoms with Gasteiger partial charge in [0.1, 0.15) is 12.9 Å². The van der Waals surface area contributed by atoms with Crippen LogP contribution < -0.4 is 5.73 Å². The predicted molar refractivity (Wildman–Crippen MR) is 136 cm³/mol. The van der Waals surface area contributed by atoms with E-state index in [1.165, 1.54) is 0 Å². The van der Waals surface area contributed by atoms with Crippen molar-refractivity contribution in [1.29, 1.82) is 0 Å². The Bertz CT molecular complexity index is 1010. The van der Waals surface area contributed by atoms with Gasteiger partial charge in [0, 0.05) is 53.3 Å². The van der Waals surface area contributed by atoms with Gasteiger partial charge in [-0.3, -0.25) is 9.69 Å². The Morgan fingerprint density at radius 1 is 1.06 bits per heavy atom. The van der Waals surface area contributed by atoms with Gasteiger partial charge in [-0.25, -0.2) is 4.98 Å². The van der Waals surface area contributed by atoms with Crippen LogP contribution in [0.5, 0.6) is 0 Å². The number of hydrogen-bond acceptors (Lipinski definition) is 6. The Hall–Kier alpha value is -2.35. The van der Waals surface area contributed by atoms with Crippen LogP contribution in [0.1, 0.15) is 36.8 Å². The van der Waals surface area contributed by atoms with Crippen molar-refractivity contribution < 1.29 is 9.63 Å². The minimum absolute atomic E-state index is 0.0918. The lowest BCUT2D eigenvalue weighted by Gasteiger charge is -2.37. The smallest absolute Gasteiger partial charge is 0.225 e. The molecule has 0 aliphatic carbocycles. The number of carbonyl (C=O) groups is 1. The molecule has 0 spiro atoms. The summed E-state index contributed by atoms with van der Waals surface area (Å²) in [5, 5.41) is 5.42. The molecule has 1 aromatic heterocycles. The number of rotatable bonds is 6. The van der Waals surface area contributed by atoms with Crippen LogP contribution in [-0.4, -0.2) is 59.7 Å². The zero-order valence-corrected chi connectivity index (χ0v) is 20.9. The van der Waals surface area contributed by atoms with Crippen molar-refractivity contribution in [3.8, 4) is 0 Å². The summed E-state index contributed by atoms with van der Waals surface area (Å²) in [7, 11) is 1.54. The van der Waals surface area contributed by atoms with Gasteiger partial charge < -0.3 is 15.5 Å². The summed E-state index contributed by atoms with van der Waals surface area (Å²) >= 11 is 12.4. The molecule has 1 amide bonds. The third kappa shape index (κ3) is 6.20. The second-order valence-electron chi connectivity index (χ2n) is 9.06. The fourth-order valence-corrected chi connectivity index (χ4v) is 5.51. The molecule has 2 fully saturated rings. The number of pyridine rings is 1. The van der Waals surface area contributed by atoms with E-state index < -0.39 is 0 Å². The van der Waals surface area contributed by atoms with Crippen LogP contribution in [0.4, 0.5) is 5.82 Å². The minimum Gasteiger partial charge on any atom is -0.399 e. The predicted octanol–water partition coefficient (Wildman–Crippen LogP) is 4.47. The van der Waals surface area contributed by atoms with Gasteiger partial charge in [0.15, 0.2) is 0 Å². The molecular formula is C25H31Cl2N5O2. The van der Waals surface area contributed by atoms with Crippen molar-refractivity contribution >= 4 is 40.6 Å². The highest BCUT2D eigenvalue weighted by molar-refractivity contribution is 6.35. The summed E-state index contributed by atoms with van der Waals surface area (Å²) < 4.78 is 0. The topological polar surface area (TPSA) is 84.0 Å². The summed E-state index contributed by atoms with van der Waals surface area (Å²) in [4.78, 5) is 26.8. The number of hydrogen-bond donors (Lipinski definition) is 1. The zero-order valence-electron chi connectivity index (χ0n) is 19.4. The molecule has 2 aliphatic heterocycles. The third-order valence-corrected chi connectivity index (χ3v) is 7.17. The number of amides is 1. The van der Waals surface area contributed by atoms with Gasteiger partial charge in [0.25, 0.3) is 0 Å². The first-order chi connectivity index (χ1) is 16.4. The summed E-state index contributed by atoms with van der Waals surface area (Å²) in [6, 6.07) is 9.33. The van der Waals surface area contributed by atoms with Crippen LogP contribution in [0.2, 0.25) is 10.0 Å². The summed E-state index contributed by atoms with van der Waals surface area (Å²) in [6.45, 7) is 4.10. The molecule has 0 saturated carbocycles. The molecule has 34 heavy (non-hydrogen) atoms. The number of carbonyl (C=O) groups excluding carboxylic acids is 1. The van der Waals surface area contributed by atoms with Gasteiger partial charge in [0.2, 0.25) is 5.91 Å². The van der Waals surface area contributed by atoms with Crippen molar-refractivity contribution in [2.75, 3.05) is 39.0 Å². The molecule has 2 saturated heterocycles. The summed E-state index contributed by atoms with van der Waals surface area (Å²) in [5.41, 5.74) is 8.66. The number of likely N-dealkylation sites (tertiary alicyclic amines) is 2.